The lowest BCUT2D eigenvalue weighted by atomic mass is 10.2. The van der Waals surface area contributed by atoms with E-state index in [0.717, 1.165) is 23.6 Å². The molecule has 3 rings (SSSR count). The van der Waals surface area contributed by atoms with Crippen LogP contribution in [0.2, 0.25) is 0 Å². The number of hydrogen-bond donors (Lipinski definition) is 1. The lowest BCUT2D eigenvalue weighted by Crippen LogP contribution is -2.15. The first-order valence-corrected chi connectivity index (χ1v) is 11.2. The van der Waals surface area contributed by atoms with E-state index in [1.807, 2.05) is 48.7 Å². The average molecular weight is 441 g/mol. The second kappa shape index (κ2) is 10.9. The van der Waals surface area contributed by atoms with E-state index in [1.165, 1.54) is 17.3 Å². The van der Waals surface area contributed by atoms with Gasteiger partial charge in [-0.1, -0.05) is 36.9 Å². The van der Waals surface area contributed by atoms with Crippen molar-refractivity contribution < 1.29 is 14.3 Å². The maximum atomic E-state index is 12.5. The highest BCUT2D eigenvalue weighted by Gasteiger charge is 2.15. The van der Waals surface area contributed by atoms with Crippen molar-refractivity contribution in [3.05, 3.63) is 59.4 Å². The summed E-state index contributed by atoms with van der Waals surface area (Å²) in [5, 5.41) is 12.1. The highest BCUT2D eigenvalue weighted by molar-refractivity contribution is 7.99. The predicted octanol–water partition coefficient (Wildman–Crippen LogP) is 4.49. The molecule has 7 nitrogen and oxygen atoms in total. The number of anilines is 1. The van der Waals surface area contributed by atoms with Gasteiger partial charge in [-0.3, -0.25) is 4.79 Å². The molecule has 3 aromatic rings. The monoisotopic (exact) mass is 440 g/mol. The maximum Gasteiger partial charge on any atom is 0.234 e. The van der Waals surface area contributed by atoms with E-state index >= 15 is 0 Å². The maximum absolute atomic E-state index is 12.5. The van der Waals surface area contributed by atoms with Gasteiger partial charge in [-0.2, -0.15) is 0 Å². The Morgan fingerprint density at radius 3 is 2.58 bits per heavy atom. The van der Waals surface area contributed by atoms with Crippen molar-refractivity contribution in [3.8, 4) is 11.5 Å². The molecule has 0 unspecified atom stereocenters. The predicted molar refractivity (Wildman–Crippen MR) is 123 cm³/mol. The van der Waals surface area contributed by atoms with E-state index in [4.69, 9.17) is 9.47 Å². The molecule has 1 N–H and O–H groups in total. The molecule has 1 aromatic heterocycles. The molecule has 0 saturated heterocycles. The Bertz CT molecular complexity index is 1020. The lowest BCUT2D eigenvalue weighted by molar-refractivity contribution is -0.113. The lowest BCUT2D eigenvalue weighted by Gasteiger charge is -2.11. The molecule has 2 aromatic carbocycles. The number of nitrogens with one attached hydrogen (secondary N) is 1. The van der Waals surface area contributed by atoms with Gasteiger partial charge in [0.1, 0.15) is 18.1 Å². The highest BCUT2D eigenvalue weighted by atomic mass is 32.2. The summed E-state index contributed by atoms with van der Waals surface area (Å²) in [6.07, 6.45) is 0.995. The number of benzene rings is 2. The highest BCUT2D eigenvalue weighted by Crippen LogP contribution is 2.26. The van der Waals surface area contributed by atoms with E-state index in [-0.39, 0.29) is 11.7 Å². The van der Waals surface area contributed by atoms with Crippen LogP contribution < -0.4 is 14.8 Å². The fourth-order valence-electron chi connectivity index (χ4n) is 3.06. The fourth-order valence-corrected chi connectivity index (χ4v) is 3.88. The Morgan fingerprint density at radius 2 is 1.90 bits per heavy atom. The summed E-state index contributed by atoms with van der Waals surface area (Å²) in [4.78, 5) is 12.5. The molecule has 1 heterocycles. The Balaban J connectivity index is 1.58. The van der Waals surface area contributed by atoms with Crippen LogP contribution in [0.1, 0.15) is 30.8 Å². The van der Waals surface area contributed by atoms with Crippen LogP contribution in [0.5, 0.6) is 11.5 Å². The number of nitrogens with zero attached hydrogens (tertiary/aromatic N) is 3. The molecule has 0 aliphatic carbocycles. The van der Waals surface area contributed by atoms with Gasteiger partial charge >= 0.3 is 0 Å². The van der Waals surface area contributed by atoms with Crippen molar-refractivity contribution in [2.75, 3.05) is 18.2 Å². The zero-order chi connectivity index (χ0) is 22.2. The summed E-state index contributed by atoms with van der Waals surface area (Å²) < 4.78 is 13.1. The normalized spacial score (nSPS) is 10.7. The molecule has 0 fully saturated rings. The quantitative estimate of drug-likeness (QED) is 0.468. The van der Waals surface area contributed by atoms with E-state index in [9.17, 15) is 4.79 Å². The Morgan fingerprint density at radius 1 is 1.13 bits per heavy atom. The first-order chi connectivity index (χ1) is 15.0. The number of methoxy groups -OCH3 is 1. The van der Waals surface area contributed by atoms with Crippen LogP contribution in [-0.2, 0) is 24.4 Å². The standard InChI is InChI=1S/C23H28N4O3S/c1-5-17-8-10-18(11-9-17)30-14-21-25-26-23(27(21)6-2)31-15-22(28)24-19-13-16(3)7-12-20(19)29-4/h7-13H,5-6,14-15H2,1-4H3,(H,24,28). The topological polar surface area (TPSA) is 78.3 Å². The number of thioether (sulfide) groups is 1. The first kappa shape index (κ1) is 22.7. The van der Waals surface area contributed by atoms with Crippen LogP contribution in [-0.4, -0.2) is 33.5 Å². The van der Waals surface area contributed by atoms with Crippen LogP contribution in [0, 0.1) is 6.92 Å². The summed E-state index contributed by atoms with van der Waals surface area (Å²) in [7, 11) is 1.58. The summed E-state index contributed by atoms with van der Waals surface area (Å²) in [6.45, 7) is 7.12. The minimum atomic E-state index is -0.131. The minimum Gasteiger partial charge on any atom is -0.495 e. The number of carbonyl (C=O) groups is 1. The van der Waals surface area contributed by atoms with E-state index < -0.39 is 0 Å². The van der Waals surface area contributed by atoms with Gasteiger partial charge in [-0.05, 0) is 55.7 Å². The second-order valence-corrected chi connectivity index (χ2v) is 7.91. The van der Waals surface area contributed by atoms with Gasteiger partial charge in [0.05, 0.1) is 18.6 Å². The Kier molecular flexibility index (Phi) is 7.94. The summed E-state index contributed by atoms with van der Waals surface area (Å²) in [5.41, 5.74) is 2.97. The number of aryl methyl sites for hydroxylation is 2. The number of hydrogen-bond acceptors (Lipinski definition) is 6. The molecule has 0 aliphatic rings. The van der Waals surface area contributed by atoms with Crippen LogP contribution in [0.4, 0.5) is 5.69 Å². The summed E-state index contributed by atoms with van der Waals surface area (Å²) >= 11 is 1.35. The van der Waals surface area contributed by atoms with Crippen LogP contribution in [0.25, 0.3) is 0 Å². The van der Waals surface area contributed by atoms with Gasteiger partial charge < -0.3 is 19.4 Å². The molecular weight excluding hydrogens is 412 g/mol. The zero-order valence-corrected chi connectivity index (χ0v) is 19.2. The van der Waals surface area contributed by atoms with Gasteiger partial charge in [-0.15, -0.1) is 10.2 Å². The van der Waals surface area contributed by atoms with Gasteiger partial charge in [0.25, 0.3) is 0 Å². The Labute approximate surface area is 187 Å². The van der Waals surface area contributed by atoms with E-state index in [0.29, 0.717) is 29.7 Å². The first-order valence-electron chi connectivity index (χ1n) is 10.2. The minimum absolute atomic E-state index is 0.131. The smallest absolute Gasteiger partial charge is 0.234 e. The number of ether oxygens (including phenoxy) is 2. The van der Waals surface area contributed by atoms with E-state index in [1.54, 1.807) is 7.11 Å². The summed E-state index contributed by atoms with van der Waals surface area (Å²) in [5.74, 6) is 2.24. The largest absolute Gasteiger partial charge is 0.495 e. The van der Waals surface area contributed by atoms with Crippen LogP contribution in [0.3, 0.4) is 0 Å². The SMILES string of the molecule is CCc1ccc(OCc2nnc(SCC(=O)Nc3cc(C)ccc3OC)n2CC)cc1. The third-order valence-corrected chi connectivity index (χ3v) is 5.74. The van der Waals surface area contributed by atoms with E-state index in [2.05, 4.69) is 34.6 Å². The van der Waals surface area contributed by atoms with Gasteiger partial charge in [0, 0.05) is 6.54 Å². The van der Waals surface area contributed by atoms with Crippen molar-refractivity contribution in [3.63, 3.8) is 0 Å². The molecule has 0 spiro atoms. The molecular formula is C23H28N4O3S. The van der Waals surface area contributed by atoms with Crippen molar-refractivity contribution >= 4 is 23.4 Å². The number of aromatic nitrogens is 3. The Hall–Kier alpha value is -3.00. The van der Waals surface area contributed by atoms with Crippen molar-refractivity contribution in [2.24, 2.45) is 0 Å². The molecule has 8 heteroatoms. The van der Waals surface area contributed by atoms with Crippen molar-refractivity contribution in [1.29, 1.82) is 0 Å². The molecule has 164 valence electrons. The number of rotatable bonds is 10. The molecule has 0 bridgehead atoms. The van der Waals surface area contributed by atoms with Crippen LogP contribution in [0.15, 0.2) is 47.6 Å². The third-order valence-electron chi connectivity index (χ3n) is 4.77. The molecule has 0 saturated carbocycles. The molecule has 0 radical (unpaired) electrons. The zero-order valence-electron chi connectivity index (χ0n) is 18.3. The van der Waals surface area contributed by atoms with Gasteiger partial charge in [-0.25, -0.2) is 0 Å². The second-order valence-electron chi connectivity index (χ2n) is 6.97. The molecule has 31 heavy (non-hydrogen) atoms. The third kappa shape index (κ3) is 6.01. The van der Waals surface area contributed by atoms with Crippen LogP contribution >= 0.6 is 11.8 Å². The summed E-state index contributed by atoms with van der Waals surface area (Å²) in [6, 6.07) is 13.7. The molecule has 1 amide bonds. The fraction of sp³-hybridized carbons (Fsp3) is 0.348. The molecule has 0 aliphatic heterocycles. The van der Waals surface area contributed by atoms with Crippen molar-refractivity contribution in [2.45, 2.75) is 45.5 Å². The van der Waals surface area contributed by atoms with Gasteiger partial charge in [0.2, 0.25) is 5.91 Å². The molecule has 0 atom stereocenters. The average Bonchev–Trinajstić information content (AvgIpc) is 3.18. The number of carbonyl (C=O) groups excluding carboxylic acids is 1. The van der Waals surface area contributed by atoms with Crippen molar-refractivity contribution in [1.82, 2.24) is 14.8 Å². The van der Waals surface area contributed by atoms with Gasteiger partial charge in [0.15, 0.2) is 11.0 Å². The number of amides is 1.